The summed E-state index contributed by atoms with van der Waals surface area (Å²) in [6, 6.07) is 0.403. The van der Waals surface area contributed by atoms with Gasteiger partial charge in [0.15, 0.2) is 11.0 Å². The first-order chi connectivity index (χ1) is 15.4. The van der Waals surface area contributed by atoms with Crippen molar-refractivity contribution < 1.29 is 28.5 Å². The average molecular weight is 472 g/mol. The maximum atomic E-state index is 14.3. The first-order valence-corrected chi connectivity index (χ1v) is 11.1. The Labute approximate surface area is 187 Å². The zero-order valence-electron chi connectivity index (χ0n) is 17.2. The van der Waals surface area contributed by atoms with Crippen molar-refractivity contribution in [3.05, 3.63) is 17.2 Å². The van der Waals surface area contributed by atoms with E-state index in [1.807, 2.05) is 4.90 Å². The second kappa shape index (κ2) is 8.79. The molecule has 5 heterocycles. The maximum Gasteiger partial charge on any atom is 0.323 e. The lowest BCUT2D eigenvalue weighted by atomic mass is 10.1. The van der Waals surface area contributed by atoms with E-state index in [4.69, 9.17) is 31.3 Å². The number of fused-ring (bicyclic) bond motifs is 3. The molecule has 0 radical (unpaired) electrons. The van der Waals surface area contributed by atoms with Crippen LogP contribution in [-0.2, 0) is 4.74 Å². The third-order valence-electron chi connectivity index (χ3n) is 6.31. The van der Waals surface area contributed by atoms with Gasteiger partial charge in [0.1, 0.15) is 17.5 Å². The molecule has 3 saturated heterocycles. The SMILES string of the molecule is FC1CC2CCCN2C1.OC(O)Oc1nc(N2CCOC3CC32)c2cnc(Cl)c(F)c2n1. The zero-order valence-corrected chi connectivity index (χ0v) is 18.0. The summed E-state index contributed by atoms with van der Waals surface area (Å²) in [5, 5.41) is 17.9. The Kier molecular flexibility index (Phi) is 6.01. The van der Waals surface area contributed by atoms with Crippen LogP contribution in [0.3, 0.4) is 0 Å². The first-order valence-electron chi connectivity index (χ1n) is 10.7. The number of hydrogen-bond acceptors (Lipinski definition) is 9. The predicted molar refractivity (Wildman–Crippen MR) is 111 cm³/mol. The molecule has 0 amide bonds. The van der Waals surface area contributed by atoms with Crippen LogP contribution in [0.25, 0.3) is 10.9 Å². The van der Waals surface area contributed by atoms with E-state index in [0.29, 0.717) is 36.9 Å². The van der Waals surface area contributed by atoms with Gasteiger partial charge in [-0.1, -0.05) is 11.6 Å². The summed E-state index contributed by atoms with van der Waals surface area (Å²) in [6.07, 6.45) is 5.19. The number of aliphatic hydroxyl groups excluding tert-OH is 1. The minimum atomic E-state index is -2.11. The minimum Gasteiger partial charge on any atom is -0.408 e. The summed E-state index contributed by atoms with van der Waals surface area (Å²) in [5.41, 5.74) is -0.0886. The molecule has 32 heavy (non-hydrogen) atoms. The van der Waals surface area contributed by atoms with E-state index in [9.17, 15) is 8.78 Å². The highest BCUT2D eigenvalue weighted by Crippen LogP contribution is 2.40. The second-order valence-corrected chi connectivity index (χ2v) is 8.79. The minimum absolute atomic E-state index is 0.0886. The number of halogens is 3. The van der Waals surface area contributed by atoms with Crippen LogP contribution in [0, 0.1) is 5.82 Å². The van der Waals surface area contributed by atoms with E-state index in [1.54, 1.807) is 0 Å². The highest BCUT2D eigenvalue weighted by molar-refractivity contribution is 6.30. The van der Waals surface area contributed by atoms with Gasteiger partial charge in [-0.3, -0.25) is 4.90 Å². The molecule has 4 atom stereocenters. The number of rotatable bonds is 3. The molecule has 0 aromatic carbocycles. The molecule has 9 nitrogen and oxygen atoms in total. The summed E-state index contributed by atoms with van der Waals surface area (Å²) in [4.78, 5) is 16.1. The Balaban J connectivity index is 0.000000199. The highest BCUT2D eigenvalue weighted by atomic mass is 35.5. The van der Waals surface area contributed by atoms with Crippen LogP contribution in [0.15, 0.2) is 6.20 Å². The van der Waals surface area contributed by atoms with Crippen LogP contribution in [0.4, 0.5) is 14.6 Å². The van der Waals surface area contributed by atoms with Gasteiger partial charge in [-0.05, 0) is 32.2 Å². The van der Waals surface area contributed by atoms with Crippen molar-refractivity contribution in [2.45, 2.75) is 56.5 Å². The lowest BCUT2D eigenvalue weighted by Crippen LogP contribution is -2.37. The highest BCUT2D eigenvalue weighted by Gasteiger charge is 2.47. The molecular formula is C20H24ClF2N5O4. The average Bonchev–Trinajstić information content (AvgIpc) is 3.30. The number of aliphatic hydroxyl groups is 2. The van der Waals surface area contributed by atoms with E-state index < -0.39 is 18.5 Å². The van der Waals surface area contributed by atoms with Crippen molar-refractivity contribution in [3.63, 3.8) is 0 Å². The molecule has 1 saturated carbocycles. The van der Waals surface area contributed by atoms with Crippen molar-refractivity contribution in [2.24, 2.45) is 0 Å². The third-order valence-corrected chi connectivity index (χ3v) is 6.57. The van der Waals surface area contributed by atoms with Crippen molar-refractivity contribution in [1.82, 2.24) is 19.9 Å². The van der Waals surface area contributed by atoms with Crippen LogP contribution in [0.5, 0.6) is 6.01 Å². The fraction of sp³-hybridized carbons (Fsp3) is 0.650. The fourth-order valence-electron chi connectivity index (χ4n) is 4.79. The van der Waals surface area contributed by atoms with Crippen LogP contribution in [-0.4, -0.2) is 87.1 Å². The number of ether oxygens (including phenoxy) is 2. The molecule has 3 aliphatic heterocycles. The maximum absolute atomic E-state index is 14.3. The smallest absolute Gasteiger partial charge is 0.323 e. The molecule has 2 aromatic rings. The Hall–Kier alpha value is -1.92. The number of aromatic nitrogens is 3. The van der Waals surface area contributed by atoms with Gasteiger partial charge in [0.25, 0.3) is 0 Å². The normalized spacial score (nSPS) is 29.0. The molecule has 12 heteroatoms. The van der Waals surface area contributed by atoms with E-state index in [0.717, 1.165) is 19.4 Å². The summed E-state index contributed by atoms with van der Waals surface area (Å²) in [6.45, 7) is 0.836. The van der Waals surface area contributed by atoms with Crippen molar-refractivity contribution in [1.29, 1.82) is 0 Å². The van der Waals surface area contributed by atoms with Gasteiger partial charge in [0.2, 0.25) is 0 Å². The summed E-state index contributed by atoms with van der Waals surface area (Å²) < 4.78 is 37.1. The fourth-order valence-corrected chi connectivity index (χ4v) is 4.93. The van der Waals surface area contributed by atoms with E-state index >= 15 is 0 Å². The van der Waals surface area contributed by atoms with E-state index in [1.165, 1.54) is 19.0 Å². The zero-order chi connectivity index (χ0) is 22.4. The van der Waals surface area contributed by atoms with Gasteiger partial charge >= 0.3 is 12.5 Å². The topological polar surface area (TPSA) is 104 Å². The Morgan fingerprint density at radius 2 is 2.09 bits per heavy atom. The van der Waals surface area contributed by atoms with Gasteiger partial charge in [-0.15, -0.1) is 0 Å². The number of morpholine rings is 1. The molecular weight excluding hydrogens is 448 g/mol. The number of pyridine rings is 1. The lowest BCUT2D eigenvalue weighted by molar-refractivity contribution is -0.183. The summed E-state index contributed by atoms with van der Waals surface area (Å²) >= 11 is 5.70. The molecule has 0 bridgehead atoms. The quantitative estimate of drug-likeness (QED) is 0.510. The molecule has 174 valence electrons. The monoisotopic (exact) mass is 471 g/mol. The summed E-state index contributed by atoms with van der Waals surface area (Å²) in [5.74, 6) is -0.407. The number of alkyl halides is 1. The van der Waals surface area contributed by atoms with Crippen LogP contribution in [0.2, 0.25) is 5.15 Å². The predicted octanol–water partition coefficient (Wildman–Crippen LogP) is 1.63. The van der Waals surface area contributed by atoms with Gasteiger partial charge in [-0.2, -0.15) is 9.97 Å². The van der Waals surface area contributed by atoms with Gasteiger partial charge < -0.3 is 24.6 Å². The number of hydrogen-bond donors (Lipinski definition) is 2. The molecule has 4 aliphatic rings. The van der Waals surface area contributed by atoms with E-state index in [-0.39, 0.29) is 28.8 Å². The first kappa shape index (κ1) is 21.9. The molecule has 4 unspecified atom stereocenters. The van der Waals surface area contributed by atoms with Gasteiger partial charge in [-0.25, -0.2) is 13.8 Å². The van der Waals surface area contributed by atoms with Crippen molar-refractivity contribution >= 4 is 28.3 Å². The molecule has 0 spiro atoms. The van der Waals surface area contributed by atoms with Crippen molar-refractivity contribution in [3.8, 4) is 6.01 Å². The van der Waals surface area contributed by atoms with Crippen LogP contribution < -0.4 is 9.64 Å². The van der Waals surface area contributed by atoms with Gasteiger partial charge in [0.05, 0.1) is 24.1 Å². The molecule has 2 aromatic heterocycles. The number of anilines is 1. The lowest BCUT2D eigenvalue weighted by Gasteiger charge is -2.28. The molecule has 2 N–H and O–H groups in total. The van der Waals surface area contributed by atoms with E-state index in [2.05, 4.69) is 19.9 Å². The third kappa shape index (κ3) is 4.32. The Morgan fingerprint density at radius 3 is 2.88 bits per heavy atom. The van der Waals surface area contributed by atoms with Crippen molar-refractivity contribution in [2.75, 3.05) is 31.1 Å². The molecule has 4 fully saturated rings. The summed E-state index contributed by atoms with van der Waals surface area (Å²) in [7, 11) is 0. The molecule has 6 rings (SSSR count). The number of nitrogens with zero attached hydrogens (tertiary/aromatic N) is 5. The largest absolute Gasteiger partial charge is 0.408 e. The standard InChI is InChI=1S/C13H12ClFN4O4.C7H12FN/c14-10-8(15)9-5(4-16-10)11(18-12(17-9)23-13(20)21)19-1-2-22-7-3-6(7)19;8-6-4-7-2-1-3-9(7)5-6/h4,6-7,13,20-21H,1-3H2;6-7H,1-5H2. The van der Waals surface area contributed by atoms with Crippen LogP contribution >= 0.6 is 11.6 Å². The molecule has 1 aliphatic carbocycles. The second-order valence-electron chi connectivity index (χ2n) is 8.43. The Morgan fingerprint density at radius 1 is 1.25 bits per heavy atom. The van der Waals surface area contributed by atoms with Crippen LogP contribution in [0.1, 0.15) is 25.7 Å². The Bertz CT molecular complexity index is 990. The van der Waals surface area contributed by atoms with Gasteiger partial charge in [0, 0.05) is 25.3 Å².